The van der Waals surface area contributed by atoms with Crippen LogP contribution in [0.5, 0.6) is 0 Å². The van der Waals surface area contributed by atoms with Crippen molar-refractivity contribution in [2.24, 2.45) is 0 Å². The second-order valence-electron chi connectivity index (χ2n) is 4.78. The standard InChI is InChI=1S/C14H18N4O3/c19-12-3-1-9-18(12)10-2-6-16-13(20)14(21)17-11-4-7-15-8-5-11/h4-5,7-8H,1-3,6,9-10H2,(H,16,20)(H,15,17,21). The van der Waals surface area contributed by atoms with Crippen molar-refractivity contribution in [3.05, 3.63) is 24.5 Å². The van der Waals surface area contributed by atoms with Crippen LogP contribution in [0.15, 0.2) is 24.5 Å². The number of anilines is 1. The Balaban J connectivity index is 1.65. The summed E-state index contributed by atoms with van der Waals surface area (Å²) in [6, 6.07) is 3.20. The van der Waals surface area contributed by atoms with E-state index in [2.05, 4.69) is 15.6 Å². The van der Waals surface area contributed by atoms with E-state index in [-0.39, 0.29) is 5.91 Å². The first kappa shape index (κ1) is 15.0. The maximum atomic E-state index is 11.6. The second kappa shape index (κ2) is 7.37. The average Bonchev–Trinajstić information content (AvgIpc) is 2.90. The van der Waals surface area contributed by atoms with Crippen molar-refractivity contribution in [2.45, 2.75) is 19.3 Å². The molecule has 0 bridgehead atoms. The minimum atomic E-state index is -0.710. The maximum absolute atomic E-state index is 11.6. The van der Waals surface area contributed by atoms with Crippen LogP contribution < -0.4 is 10.6 Å². The summed E-state index contributed by atoms with van der Waals surface area (Å²) in [5.41, 5.74) is 0.521. The maximum Gasteiger partial charge on any atom is 0.313 e. The van der Waals surface area contributed by atoms with Gasteiger partial charge in [-0.3, -0.25) is 19.4 Å². The summed E-state index contributed by atoms with van der Waals surface area (Å²) in [6.07, 6.45) is 5.21. The molecule has 0 radical (unpaired) electrons. The first-order chi connectivity index (χ1) is 10.2. The lowest BCUT2D eigenvalue weighted by Crippen LogP contribution is -2.37. The molecule has 1 aliphatic heterocycles. The third-order valence-corrected chi connectivity index (χ3v) is 3.21. The summed E-state index contributed by atoms with van der Waals surface area (Å²) < 4.78 is 0. The largest absolute Gasteiger partial charge is 0.348 e. The van der Waals surface area contributed by atoms with E-state index in [1.54, 1.807) is 17.0 Å². The zero-order chi connectivity index (χ0) is 15.1. The third kappa shape index (κ3) is 4.55. The van der Waals surface area contributed by atoms with Gasteiger partial charge in [0.05, 0.1) is 0 Å². The lowest BCUT2D eigenvalue weighted by atomic mass is 10.3. The Morgan fingerprint density at radius 1 is 1.24 bits per heavy atom. The highest BCUT2D eigenvalue weighted by Gasteiger charge is 2.19. The molecule has 1 saturated heterocycles. The molecule has 7 heteroatoms. The zero-order valence-corrected chi connectivity index (χ0v) is 11.7. The predicted octanol–water partition coefficient (Wildman–Crippen LogP) is 0.149. The van der Waals surface area contributed by atoms with Crippen molar-refractivity contribution in [3.63, 3.8) is 0 Å². The van der Waals surface area contributed by atoms with Crippen molar-refractivity contribution in [3.8, 4) is 0 Å². The van der Waals surface area contributed by atoms with Crippen LogP contribution in [0, 0.1) is 0 Å². The summed E-state index contributed by atoms with van der Waals surface area (Å²) >= 11 is 0. The molecule has 0 atom stereocenters. The number of likely N-dealkylation sites (tertiary alicyclic amines) is 1. The number of pyridine rings is 1. The van der Waals surface area contributed by atoms with E-state index < -0.39 is 11.8 Å². The molecule has 112 valence electrons. The number of rotatable bonds is 5. The number of nitrogens with one attached hydrogen (secondary N) is 2. The smallest absolute Gasteiger partial charge is 0.313 e. The monoisotopic (exact) mass is 290 g/mol. The summed E-state index contributed by atoms with van der Waals surface area (Å²) in [4.78, 5) is 40.2. The number of amides is 3. The quantitative estimate of drug-likeness (QED) is 0.596. The molecule has 1 aromatic heterocycles. The fourth-order valence-electron chi connectivity index (χ4n) is 2.12. The van der Waals surface area contributed by atoms with Gasteiger partial charge in [0.25, 0.3) is 0 Å². The fraction of sp³-hybridized carbons (Fsp3) is 0.429. The highest BCUT2D eigenvalue weighted by Crippen LogP contribution is 2.09. The average molecular weight is 290 g/mol. The van der Waals surface area contributed by atoms with Gasteiger partial charge < -0.3 is 15.5 Å². The van der Waals surface area contributed by atoms with Crippen LogP contribution in [0.1, 0.15) is 19.3 Å². The van der Waals surface area contributed by atoms with Crippen molar-refractivity contribution in [2.75, 3.05) is 25.0 Å². The van der Waals surface area contributed by atoms with Crippen LogP contribution in [0.2, 0.25) is 0 Å². The second-order valence-corrected chi connectivity index (χ2v) is 4.78. The van der Waals surface area contributed by atoms with Gasteiger partial charge in [-0.1, -0.05) is 0 Å². The Morgan fingerprint density at radius 3 is 2.67 bits per heavy atom. The lowest BCUT2D eigenvalue weighted by molar-refractivity contribution is -0.136. The number of carbonyl (C=O) groups is 3. The molecule has 2 rings (SSSR count). The molecule has 7 nitrogen and oxygen atoms in total. The highest BCUT2D eigenvalue weighted by molar-refractivity contribution is 6.39. The van der Waals surface area contributed by atoms with Gasteiger partial charge >= 0.3 is 11.8 Å². The molecule has 0 aliphatic carbocycles. The summed E-state index contributed by atoms with van der Waals surface area (Å²) in [5, 5.41) is 5.01. The van der Waals surface area contributed by atoms with Crippen molar-refractivity contribution >= 4 is 23.4 Å². The van der Waals surface area contributed by atoms with Gasteiger partial charge in [0, 0.05) is 44.1 Å². The van der Waals surface area contributed by atoms with E-state index >= 15 is 0 Å². The van der Waals surface area contributed by atoms with Gasteiger partial charge in [0.2, 0.25) is 5.91 Å². The predicted molar refractivity (Wildman–Crippen MR) is 76.3 cm³/mol. The van der Waals surface area contributed by atoms with E-state index in [9.17, 15) is 14.4 Å². The number of aromatic nitrogens is 1. The van der Waals surface area contributed by atoms with E-state index in [0.717, 1.165) is 13.0 Å². The van der Waals surface area contributed by atoms with Crippen LogP contribution in [0.25, 0.3) is 0 Å². The highest BCUT2D eigenvalue weighted by atomic mass is 16.2. The molecule has 3 amide bonds. The molecule has 1 aliphatic rings. The zero-order valence-electron chi connectivity index (χ0n) is 11.7. The SMILES string of the molecule is O=C(NCCCN1CCCC1=O)C(=O)Nc1ccncc1. The molecule has 0 spiro atoms. The van der Waals surface area contributed by atoms with Crippen LogP contribution in [-0.2, 0) is 14.4 Å². The Labute approximate surface area is 122 Å². The number of hydrogen-bond donors (Lipinski definition) is 2. The van der Waals surface area contributed by atoms with Gasteiger partial charge in [-0.05, 0) is 25.0 Å². The van der Waals surface area contributed by atoms with Crippen LogP contribution in [0.4, 0.5) is 5.69 Å². The molecule has 2 heterocycles. The van der Waals surface area contributed by atoms with Crippen molar-refractivity contribution in [1.29, 1.82) is 0 Å². The summed E-state index contributed by atoms with van der Waals surface area (Å²) in [6.45, 7) is 1.77. The van der Waals surface area contributed by atoms with E-state index in [1.807, 2.05) is 0 Å². The van der Waals surface area contributed by atoms with Crippen LogP contribution >= 0.6 is 0 Å². The molecule has 0 aromatic carbocycles. The fourth-order valence-corrected chi connectivity index (χ4v) is 2.12. The Hall–Kier alpha value is -2.44. The molecule has 21 heavy (non-hydrogen) atoms. The lowest BCUT2D eigenvalue weighted by Gasteiger charge is -2.15. The van der Waals surface area contributed by atoms with Crippen LogP contribution in [0.3, 0.4) is 0 Å². The molecule has 1 aromatic rings. The topological polar surface area (TPSA) is 91.4 Å². The molecular weight excluding hydrogens is 272 g/mol. The van der Waals surface area contributed by atoms with Gasteiger partial charge in [-0.2, -0.15) is 0 Å². The van der Waals surface area contributed by atoms with Crippen molar-refractivity contribution < 1.29 is 14.4 Å². The van der Waals surface area contributed by atoms with Crippen molar-refractivity contribution in [1.82, 2.24) is 15.2 Å². The van der Waals surface area contributed by atoms with Gasteiger partial charge in [-0.25, -0.2) is 0 Å². The summed E-state index contributed by atoms with van der Waals surface area (Å²) in [5.74, 6) is -1.23. The Bertz CT molecular complexity index is 518. The number of nitrogens with zero attached hydrogens (tertiary/aromatic N) is 2. The van der Waals surface area contributed by atoms with Gasteiger partial charge in [0.1, 0.15) is 0 Å². The van der Waals surface area contributed by atoms with Gasteiger partial charge in [0.15, 0.2) is 0 Å². The third-order valence-electron chi connectivity index (χ3n) is 3.21. The summed E-state index contributed by atoms with van der Waals surface area (Å²) in [7, 11) is 0. The van der Waals surface area contributed by atoms with E-state index in [4.69, 9.17) is 0 Å². The minimum absolute atomic E-state index is 0.164. The molecule has 1 fully saturated rings. The first-order valence-corrected chi connectivity index (χ1v) is 6.94. The van der Waals surface area contributed by atoms with E-state index in [0.29, 0.717) is 31.6 Å². The van der Waals surface area contributed by atoms with Crippen LogP contribution in [-0.4, -0.2) is 47.2 Å². The molecule has 0 saturated carbocycles. The normalized spacial score (nSPS) is 14.1. The molecular formula is C14H18N4O3. The van der Waals surface area contributed by atoms with E-state index in [1.165, 1.54) is 12.4 Å². The number of carbonyl (C=O) groups excluding carboxylic acids is 3. The Kier molecular flexibility index (Phi) is 5.25. The molecule has 2 N–H and O–H groups in total. The number of hydrogen-bond acceptors (Lipinski definition) is 4. The minimum Gasteiger partial charge on any atom is -0.348 e. The first-order valence-electron chi connectivity index (χ1n) is 6.94. The van der Waals surface area contributed by atoms with Gasteiger partial charge in [-0.15, -0.1) is 0 Å². The Morgan fingerprint density at radius 2 is 2.00 bits per heavy atom. The molecule has 0 unspecified atom stereocenters.